The SMILES string of the molecule is Fc1cccc(Br)c1NCc1ccncc1. The molecule has 0 fully saturated rings. The van der Waals surface area contributed by atoms with Crippen LogP contribution >= 0.6 is 15.9 Å². The molecule has 16 heavy (non-hydrogen) atoms. The molecule has 1 aromatic carbocycles. The Morgan fingerprint density at radius 3 is 2.62 bits per heavy atom. The second-order valence-corrected chi connectivity index (χ2v) is 4.16. The molecule has 82 valence electrons. The second-order valence-electron chi connectivity index (χ2n) is 3.31. The molecule has 2 rings (SSSR count). The van der Waals surface area contributed by atoms with E-state index in [4.69, 9.17) is 0 Å². The van der Waals surface area contributed by atoms with Crippen molar-refractivity contribution in [1.29, 1.82) is 0 Å². The number of aromatic nitrogens is 1. The van der Waals surface area contributed by atoms with E-state index in [0.29, 0.717) is 12.2 Å². The Morgan fingerprint density at radius 2 is 1.94 bits per heavy atom. The quantitative estimate of drug-likeness (QED) is 0.929. The van der Waals surface area contributed by atoms with E-state index in [1.807, 2.05) is 12.1 Å². The molecule has 2 nitrogen and oxygen atoms in total. The Labute approximate surface area is 102 Å². The topological polar surface area (TPSA) is 24.9 Å². The average molecular weight is 281 g/mol. The maximum Gasteiger partial charge on any atom is 0.147 e. The molecule has 1 heterocycles. The summed E-state index contributed by atoms with van der Waals surface area (Å²) in [5.41, 5.74) is 1.55. The maximum absolute atomic E-state index is 13.4. The Bertz CT molecular complexity index is 453. The van der Waals surface area contributed by atoms with Gasteiger partial charge in [0.25, 0.3) is 0 Å². The van der Waals surface area contributed by atoms with Gasteiger partial charge < -0.3 is 5.32 Å². The molecular weight excluding hydrogens is 271 g/mol. The van der Waals surface area contributed by atoms with Gasteiger partial charge in [-0.3, -0.25) is 4.98 Å². The summed E-state index contributed by atoms with van der Waals surface area (Å²) in [6.07, 6.45) is 3.43. The number of benzene rings is 1. The molecule has 0 spiro atoms. The van der Waals surface area contributed by atoms with Crippen LogP contribution in [-0.4, -0.2) is 4.98 Å². The van der Waals surface area contributed by atoms with Gasteiger partial charge in [0.1, 0.15) is 5.82 Å². The predicted octanol–water partition coefficient (Wildman–Crippen LogP) is 3.60. The minimum Gasteiger partial charge on any atom is -0.378 e. The zero-order valence-electron chi connectivity index (χ0n) is 8.45. The third-order valence-corrected chi connectivity index (χ3v) is 2.84. The fourth-order valence-corrected chi connectivity index (χ4v) is 1.84. The zero-order chi connectivity index (χ0) is 11.4. The number of nitrogens with one attached hydrogen (secondary N) is 1. The van der Waals surface area contributed by atoms with E-state index in [1.165, 1.54) is 6.07 Å². The number of hydrogen-bond donors (Lipinski definition) is 1. The summed E-state index contributed by atoms with van der Waals surface area (Å²) in [4.78, 5) is 3.92. The van der Waals surface area contributed by atoms with Crippen molar-refractivity contribution in [2.45, 2.75) is 6.54 Å². The lowest BCUT2D eigenvalue weighted by molar-refractivity contribution is 0.629. The highest BCUT2D eigenvalue weighted by Gasteiger charge is 2.05. The number of para-hydroxylation sites is 1. The molecule has 0 amide bonds. The van der Waals surface area contributed by atoms with Gasteiger partial charge >= 0.3 is 0 Å². The van der Waals surface area contributed by atoms with Crippen LogP contribution in [-0.2, 0) is 6.54 Å². The summed E-state index contributed by atoms with van der Waals surface area (Å²) in [6, 6.07) is 8.68. The first-order chi connectivity index (χ1) is 7.77. The minimum atomic E-state index is -0.261. The van der Waals surface area contributed by atoms with Gasteiger partial charge in [0, 0.05) is 23.4 Å². The van der Waals surface area contributed by atoms with E-state index >= 15 is 0 Å². The number of nitrogens with zero attached hydrogens (tertiary/aromatic N) is 1. The molecule has 0 saturated carbocycles. The Balaban J connectivity index is 2.11. The van der Waals surface area contributed by atoms with E-state index in [9.17, 15) is 4.39 Å². The van der Waals surface area contributed by atoms with Crippen LogP contribution in [0.5, 0.6) is 0 Å². The van der Waals surface area contributed by atoms with Crippen LogP contribution in [0.2, 0.25) is 0 Å². The smallest absolute Gasteiger partial charge is 0.147 e. The second kappa shape index (κ2) is 5.07. The van der Waals surface area contributed by atoms with Gasteiger partial charge in [-0.2, -0.15) is 0 Å². The van der Waals surface area contributed by atoms with E-state index < -0.39 is 0 Å². The first-order valence-electron chi connectivity index (χ1n) is 4.84. The Hall–Kier alpha value is -1.42. The van der Waals surface area contributed by atoms with Crippen LogP contribution in [0.15, 0.2) is 47.2 Å². The van der Waals surface area contributed by atoms with Gasteiger partial charge in [-0.05, 0) is 45.8 Å². The first-order valence-corrected chi connectivity index (χ1v) is 5.63. The van der Waals surface area contributed by atoms with Gasteiger partial charge in [-0.25, -0.2) is 4.39 Å². The van der Waals surface area contributed by atoms with Crippen LogP contribution in [0.3, 0.4) is 0 Å². The summed E-state index contributed by atoms with van der Waals surface area (Å²) < 4.78 is 14.2. The van der Waals surface area contributed by atoms with Crippen molar-refractivity contribution < 1.29 is 4.39 Å². The molecular formula is C12H10BrFN2. The van der Waals surface area contributed by atoms with Crippen LogP contribution in [0.4, 0.5) is 10.1 Å². The average Bonchev–Trinajstić information content (AvgIpc) is 2.30. The highest BCUT2D eigenvalue weighted by atomic mass is 79.9. The fraction of sp³-hybridized carbons (Fsp3) is 0.0833. The number of anilines is 1. The van der Waals surface area contributed by atoms with Gasteiger partial charge in [-0.1, -0.05) is 6.07 Å². The summed E-state index contributed by atoms with van der Waals surface area (Å²) in [6.45, 7) is 0.571. The molecule has 0 bridgehead atoms. The Morgan fingerprint density at radius 1 is 1.19 bits per heavy atom. The molecule has 0 aliphatic heterocycles. The largest absolute Gasteiger partial charge is 0.378 e. The van der Waals surface area contributed by atoms with Crippen molar-refractivity contribution in [3.63, 3.8) is 0 Å². The predicted molar refractivity (Wildman–Crippen MR) is 65.7 cm³/mol. The lowest BCUT2D eigenvalue weighted by Gasteiger charge is -2.09. The molecule has 0 aliphatic carbocycles. The van der Waals surface area contributed by atoms with Crippen molar-refractivity contribution in [3.05, 3.63) is 58.6 Å². The van der Waals surface area contributed by atoms with Crippen molar-refractivity contribution >= 4 is 21.6 Å². The van der Waals surface area contributed by atoms with Crippen molar-refractivity contribution in [3.8, 4) is 0 Å². The van der Waals surface area contributed by atoms with Crippen LogP contribution in [0.25, 0.3) is 0 Å². The summed E-state index contributed by atoms with van der Waals surface area (Å²) >= 11 is 3.31. The fourth-order valence-electron chi connectivity index (χ4n) is 1.36. The van der Waals surface area contributed by atoms with Crippen LogP contribution in [0.1, 0.15) is 5.56 Å². The molecule has 0 atom stereocenters. The number of pyridine rings is 1. The number of halogens is 2. The lowest BCUT2D eigenvalue weighted by atomic mass is 10.2. The van der Waals surface area contributed by atoms with Crippen molar-refractivity contribution in [2.24, 2.45) is 0 Å². The highest BCUT2D eigenvalue weighted by Crippen LogP contribution is 2.25. The molecule has 1 N–H and O–H groups in total. The van der Waals surface area contributed by atoms with E-state index in [-0.39, 0.29) is 5.82 Å². The molecule has 4 heteroatoms. The third-order valence-electron chi connectivity index (χ3n) is 2.18. The van der Waals surface area contributed by atoms with Gasteiger partial charge in [0.15, 0.2) is 0 Å². The van der Waals surface area contributed by atoms with Gasteiger partial charge in [-0.15, -0.1) is 0 Å². The van der Waals surface area contributed by atoms with Gasteiger partial charge in [0.2, 0.25) is 0 Å². The molecule has 0 aliphatic rings. The minimum absolute atomic E-state index is 0.261. The molecule has 2 aromatic rings. The van der Waals surface area contributed by atoms with Crippen molar-refractivity contribution in [1.82, 2.24) is 4.98 Å². The zero-order valence-corrected chi connectivity index (χ0v) is 10.0. The normalized spacial score (nSPS) is 10.1. The number of rotatable bonds is 3. The lowest BCUT2D eigenvalue weighted by Crippen LogP contribution is -2.02. The molecule has 0 radical (unpaired) electrons. The van der Waals surface area contributed by atoms with Crippen LogP contribution in [0, 0.1) is 5.82 Å². The summed E-state index contributed by atoms with van der Waals surface area (Å²) in [5.74, 6) is -0.261. The maximum atomic E-state index is 13.4. The molecule has 1 aromatic heterocycles. The van der Waals surface area contributed by atoms with Crippen molar-refractivity contribution in [2.75, 3.05) is 5.32 Å². The number of hydrogen-bond acceptors (Lipinski definition) is 2. The molecule has 0 unspecified atom stereocenters. The van der Waals surface area contributed by atoms with Gasteiger partial charge in [0.05, 0.1) is 5.69 Å². The highest BCUT2D eigenvalue weighted by molar-refractivity contribution is 9.10. The van der Waals surface area contributed by atoms with E-state index in [0.717, 1.165) is 10.0 Å². The summed E-state index contributed by atoms with van der Waals surface area (Å²) in [7, 11) is 0. The Kier molecular flexibility index (Phi) is 3.51. The monoisotopic (exact) mass is 280 g/mol. The third kappa shape index (κ3) is 2.58. The molecule has 0 saturated heterocycles. The van der Waals surface area contributed by atoms with Crippen LogP contribution < -0.4 is 5.32 Å². The summed E-state index contributed by atoms with van der Waals surface area (Å²) in [5, 5.41) is 3.05. The van der Waals surface area contributed by atoms with E-state index in [1.54, 1.807) is 24.5 Å². The van der Waals surface area contributed by atoms with E-state index in [2.05, 4.69) is 26.2 Å². The standard InChI is InChI=1S/C12H10BrFN2/c13-10-2-1-3-11(14)12(10)16-8-9-4-6-15-7-5-9/h1-7,16H,8H2. The first kappa shape index (κ1) is 11.1.